The van der Waals surface area contributed by atoms with Crippen LogP contribution in [0.5, 0.6) is 0 Å². The number of carbonyl (C=O) groups is 3. The molecule has 3 aromatic carbocycles. The van der Waals surface area contributed by atoms with Gasteiger partial charge < -0.3 is 24.8 Å². The summed E-state index contributed by atoms with van der Waals surface area (Å²) >= 11 is 0. The van der Waals surface area contributed by atoms with Crippen molar-refractivity contribution in [1.29, 1.82) is 0 Å². The number of hydrogen-bond donors (Lipinski definition) is 1. The van der Waals surface area contributed by atoms with Crippen LogP contribution in [0, 0.1) is 0 Å². The molecule has 1 N–H and O–H groups in total. The molecule has 2 heterocycles. The number of likely N-dealkylation sites (tertiary alicyclic amines) is 1. The molecule has 208 valence electrons. The molecule has 8 nitrogen and oxygen atoms in total. The lowest BCUT2D eigenvalue weighted by molar-refractivity contribution is -0.142. The van der Waals surface area contributed by atoms with Crippen LogP contribution in [0.4, 0.5) is 5.69 Å². The summed E-state index contributed by atoms with van der Waals surface area (Å²) in [6.07, 6.45) is 1.73. The number of nitrogens with zero attached hydrogens (tertiary/aromatic N) is 3. The fourth-order valence-electron chi connectivity index (χ4n) is 5.59. The number of anilines is 1. The van der Waals surface area contributed by atoms with Crippen LogP contribution in [-0.2, 0) is 32.1 Å². The fourth-order valence-corrected chi connectivity index (χ4v) is 5.59. The summed E-state index contributed by atoms with van der Waals surface area (Å²) in [7, 11) is 0. The normalized spacial score (nSPS) is 16.4. The van der Waals surface area contributed by atoms with E-state index in [-0.39, 0.29) is 30.9 Å². The summed E-state index contributed by atoms with van der Waals surface area (Å²) in [5.74, 6) is -0.295. The zero-order valence-corrected chi connectivity index (χ0v) is 22.7. The van der Waals surface area contributed by atoms with Gasteiger partial charge in [0.2, 0.25) is 11.8 Å². The standard InChI is InChI=1S/C32H36N4O4/c37-29(33-19-16-26-10-4-1-5-11-26)22-35-25-36(28-14-8-3-9-15-28)32(31(35)39)17-20-34(21-18-32)30(38)24-40-23-27-12-6-2-7-13-27/h1-15H,16-25H2,(H,33,37). The molecular formula is C32H36N4O4. The quantitative estimate of drug-likeness (QED) is 0.427. The van der Waals surface area contributed by atoms with Crippen LogP contribution in [-0.4, -0.2) is 72.5 Å². The molecule has 0 radical (unpaired) electrons. The van der Waals surface area contributed by atoms with Crippen LogP contribution >= 0.6 is 0 Å². The van der Waals surface area contributed by atoms with Gasteiger partial charge in [-0.15, -0.1) is 0 Å². The van der Waals surface area contributed by atoms with E-state index in [0.29, 0.717) is 45.8 Å². The molecule has 5 rings (SSSR count). The molecule has 0 aliphatic carbocycles. The van der Waals surface area contributed by atoms with Gasteiger partial charge in [0.05, 0.1) is 13.3 Å². The lowest BCUT2D eigenvalue weighted by atomic mass is 9.85. The number of amides is 3. The largest absolute Gasteiger partial charge is 0.367 e. The maximum absolute atomic E-state index is 13.9. The minimum atomic E-state index is -0.784. The molecule has 0 saturated carbocycles. The number of rotatable bonds is 10. The first-order valence-corrected chi connectivity index (χ1v) is 13.9. The molecule has 0 aromatic heterocycles. The Labute approximate surface area is 235 Å². The number of para-hydroxylation sites is 1. The maximum Gasteiger partial charge on any atom is 0.250 e. The first-order valence-electron chi connectivity index (χ1n) is 13.9. The number of benzene rings is 3. The second-order valence-electron chi connectivity index (χ2n) is 10.4. The molecule has 2 fully saturated rings. The molecule has 3 aromatic rings. The van der Waals surface area contributed by atoms with E-state index in [9.17, 15) is 14.4 Å². The molecule has 2 saturated heterocycles. The average molecular weight is 541 g/mol. The molecule has 0 atom stereocenters. The monoisotopic (exact) mass is 540 g/mol. The van der Waals surface area contributed by atoms with E-state index in [1.54, 1.807) is 9.80 Å². The fraction of sp³-hybridized carbons (Fsp3) is 0.344. The number of piperidine rings is 1. The van der Waals surface area contributed by atoms with Gasteiger partial charge in [0.1, 0.15) is 18.7 Å². The van der Waals surface area contributed by atoms with Gasteiger partial charge in [-0.1, -0.05) is 78.9 Å². The Morgan fingerprint density at radius 2 is 1.43 bits per heavy atom. The van der Waals surface area contributed by atoms with Crippen molar-refractivity contribution in [3.63, 3.8) is 0 Å². The second kappa shape index (κ2) is 12.8. The third-order valence-corrected chi connectivity index (χ3v) is 7.78. The number of carbonyl (C=O) groups excluding carboxylic acids is 3. The van der Waals surface area contributed by atoms with Crippen LogP contribution in [0.15, 0.2) is 91.0 Å². The molecule has 3 amide bonds. The topological polar surface area (TPSA) is 82.2 Å². The zero-order chi connectivity index (χ0) is 27.8. The minimum Gasteiger partial charge on any atom is -0.367 e. The van der Waals surface area contributed by atoms with E-state index in [1.165, 1.54) is 0 Å². The number of ether oxygens (including phenoxy) is 1. The number of hydrogen-bond acceptors (Lipinski definition) is 5. The molecule has 8 heteroatoms. The van der Waals surface area contributed by atoms with Gasteiger partial charge in [-0.2, -0.15) is 0 Å². The maximum atomic E-state index is 13.9. The summed E-state index contributed by atoms with van der Waals surface area (Å²) in [6, 6.07) is 29.6. The van der Waals surface area contributed by atoms with Crippen LogP contribution in [0.25, 0.3) is 0 Å². The van der Waals surface area contributed by atoms with Crippen molar-refractivity contribution in [3.8, 4) is 0 Å². The second-order valence-corrected chi connectivity index (χ2v) is 10.4. The highest BCUT2D eigenvalue weighted by Crippen LogP contribution is 2.39. The van der Waals surface area contributed by atoms with Crippen molar-refractivity contribution in [2.75, 3.05) is 44.4 Å². The van der Waals surface area contributed by atoms with Gasteiger partial charge >= 0.3 is 0 Å². The molecule has 40 heavy (non-hydrogen) atoms. The summed E-state index contributed by atoms with van der Waals surface area (Å²) < 4.78 is 5.66. The first kappa shape index (κ1) is 27.4. The van der Waals surface area contributed by atoms with Crippen LogP contribution in [0.3, 0.4) is 0 Å². The number of nitrogens with one attached hydrogen (secondary N) is 1. The highest BCUT2D eigenvalue weighted by Gasteiger charge is 2.54. The zero-order valence-electron chi connectivity index (χ0n) is 22.7. The van der Waals surface area contributed by atoms with Crippen LogP contribution in [0.1, 0.15) is 24.0 Å². The van der Waals surface area contributed by atoms with E-state index in [4.69, 9.17) is 4.74 Å². The van der Waals surface area contributed by atoms with E-state index >= 15 is 0 Å². The van der Waals surface area contributed by atoms with Crippen molar-refractivity contribution < 1.29 is 19.1 Å². The Bertz CT molecular complexity index is 1280. The highest BCUT2D eigenvalue weighted by molar-refractivity contribution is 5.96. The predicted octanol–water partition coefficient (Wildman–Crippen LogP) is 3.23. The lowest BCUT2D eigenvalue weighted by Gasteiger charge is -2.43. The Kier molecular flexibility index (Phi) is 8.76. The molecule has 0 unspecified atom stereocenters. The van der Waals surface area contributed by atoms with Gasteiger partial charge in [-0.3, -0.25) is 14.4 Å². The Morgan fingerprint density at radius 1 is 0.825 bits per heavy atom. The van der Waals surface area contributed by atoms with Crippen molar-refractivity contribution in [3.05, 3.63) is 102 Å². The first-order chi connectivity index (χ1) is 19.5. The molecule has 1 spiro atoms. The van der Waals surface area contributed by atoms with Crippen molar-refractivity contribution in [2.45, 2.75) is 31.4 Å². The van der Waals surface area contributed by atoms with Crippen LogP contribution < -0.4 is 10.2 Å². The Hall–Kier alpha value is -4.17. The van der Waals surface area contributed by atoms with E-state index in [0.717, 1.165) is 23.2 Å². The van der Waals surface area contributed by atoms with Crippen molar-refractivity contribution in [2.24, 2.45) is 0 Å². The smallest absolute Gasteiger partial charge is 0.250 e. The van der Waals surface area contributed by atoms with Gasteiger partial charge in [-0.05, 0) is 42.5 Å². The molecular weight excluding hydrogens is 504 g/mol. The van der Waals surface area contributed by atoms with E-state index < -0.39 is 5.54 Å². The molecule has 2 aliphatic heterocycles. The van der Waals surface area contributed by atoms with E-state index in [2.05, 4.69) is 10.2 Å². The summed E-state index contributed by atoms with van der Waals surface area (Å²) in [6.45, 7) is 2.17. The molecule has 2 aliphatic rings. The summed E-state index contributed by atoms with van der Waals surface area (Å²) in [5.41, 5.74) is 2.33. The predicted molar refractivity (Wildman–Crippen MR) is 153 cm³/mol. The van der Waals surface area contributed by atoms with Crippen molar-refractivity contribution >= 4 is 23.4 Å². The SMILES string of the molecule is O=C(CN1CN(c2ccccc2)C2(CCN(C(=O)COCc3ccccc3)CC2)C1=O)NCCc1ccccc1. The van der Waals surface area contributed by atoms with Gasteiger partial charge in [0, 0.05) is 25.3 Å². The van der Waals surface area contributed by atoms with Crippen LogP contribution in [0.2, 0.25) is 0 Å². The summed E-state index contributed by atoms with van der Waals surface area (Å²) in [5, 5.41) is 2.96. The Morgan fingerprint density at radius 3 is 2.08 bits per heavy atom. The average Bonchev–Trinajstić information content (AvgIpc) is 3.25. The van der Waals surface area contributed by atoms with Gasteiger partial charge in [-0.25, -0.2) is 0 Å². The third-order valence-electron chi connectivity index (χ3n) is 7.78. The lowest BCUT2D eigenvalue weighted by Crippen LogP contribution is -2.57. The minimum absolute atomic E-state index is 0.00746. The van der Waals surface area contributed by atoms with Gasteiger partial charge in [0.25, 0.3) is 5.91 Å². The van der Waals surface area contributed by atoms with Crippen molar-refractivity contribution in [1.82, 2.24) is 15.1 Å². The molecule has 0 bridgehead atoms. The summed E-state index contributed by atoms with van der Waals surface area (Å²) in [4.78, 5) is 45.1. The van der Waals surface area contributed by atoms with Gasteiger partial charge in [0.15, 0.2) is 0 Å². The Balaban J connectivity index is 1.19. The van der Waals surface area contributed by atoms with E-state index in [1.807, 2.05) is 91.0 Å². The third kappa shape index (κ3) is 6.34. The highest BCUT2D eigenvalue weighted by atomic mass is 16.5.